The van der Waals surface area contributed by atoms with Gasteiger partial charge in [0, 0.05) is 27.1 Å². The quantitative estimate of drug-likeness (QED) is 0.201. The number of rotatable bonds is 3. The summed E-state index contributed by atoms with van der Waals surface area (Å²) in [5.41, 5.74) is 16.9. The molecule has 0 amide bonds. The lowest BCUT2D eigenvalue weighted by Gasteiger charge is -2.23. The monoisotopic (exact) mass is 593 g/mol. The maximum Gasteiger partial charge on any atom is 0.0993 e. The smallest absolute Gasteiger partial charge is 0.0993 e. The van der Waals surface area contributed by atoms with Gasteiger partial charge in [0.1, 0.15) is 0 Å². The number of fused-ring (bicyclic) bond motifs is 6. The van der Waals surface area contributed by atoms with Crippen LogP contribution in [0.2, 0.25) is 0 Å². The molecule has 0 aliphatic heterocycles. The molecule has 0 aliphatic rings. The summed E-state index contributed by atoms with van der Waals surface area (Å²) in [6.07, 6.45) is 0. The van der Waals surface area contributed by atoms with Crippen LogP contribution in [0.4, 0.5) is 0 Å². The van der Waals surface area contributed by atoms with Gasteiger partial charge in [-0.2, -0.15) is 5.26 Å². The van der Waals surface area contributed by atoms with E-state index < -0.39 is 0 Å². The highest BCUT2D eigenvalue weighted by molar-refractivity contribution is 6.14. The highest BCUT2D eigenvalue weighted by Crippen LogP contribution is 2.45. The molecule has 0 radical (unpaired) electrons. The molecule has 0 saturated heterocycles. The maximum absolute atomic E-state index is 10.6. The first-order chi connectivity index (χ1) is 22.3. The second-order valence-electron chi connectivity index (χ2n) is 12.9. The highest BCUT2D eigenvalue weighted by Gasteiger charge is 2.25. The van der Waals surface area contributed by atoms with E-state index in [1.54, 1.807) is 0 Å². The van der Waals surface area contributed by atoms with Gasteiger partial charge in [-0.05, 0) is 87.1 Å². The first-order valence-electron chi connectivity index (χ1n) is 15.9. The van der Waals surface area contributed by atoms with Crippen molar-refractivity contribution in [3.63, 3.8) is 0 Å². The minimum Gasteiger partial charge on any atom is -0.308 e. The van der Waals surface area contributed by atoms with Crippen LogP contribution < -0.4 is 0 Å². The van der Waals surface area contributed by atoms with Crippen LogP contribution in [0.15, 0.2) is 103 Å². The zero-order valence-corrected chi connectivity index (χ0v) is 27.2. The predicted octanol–water partition coefficient (Wildman–Crippen LogP) is 11.3. The van der Waals surface area contributed by atoms with E-state index in [1.807, 2.05) is 0 Å². The minimum absolute atomic E-state index is 0.632. The molecule has 0 saturated carbocycles. The molecule has 8 rings (SSSR count). The van der Waals surface area contributed by atoms with Gasteiger partial charge in [-0.25, -0.2) is 0 Å². The van der Waals surface area contributed by atoms with Gasteiger partial charge in [-0.15, -0.1) is 0 Å². The average molecular weight is 594 g/mol. The number of aryl methyl sites for hydroxylation is 6. The summed E-state index contributed by atoms with van der Waals surface area (Å²) in [7, 11) is 0. The summed E-state index contributed by atoms with van der Waals surface area (Å²) >= 11 is 0. The van der Waals surface area contributed by atoms with Crippen LogP contribution in [-0.2, 0) is 0 Å². The van der Waals surface area contributed by atoms with Crippen molar-refractivity contribution < 1.29 is 0 Å². The van der Waals surface area contributed by atoms with Crippen molar-refractivity contribution in [2.24, 2.45) is 0 Å². The standard InChI is InChI=1S/C43H35N3/c1-25-19-20-32(30(6)21-25)39-37(45-40-26(2)11-7-15-33(40)34-16-8-12-27(3)41(34)45)22-31(24-44)23-38(39)46-42-28(4)13-9-17-35(42)36-18-10-14-29(5)43(36)46/h7-23H,1-6H3. The Morgan fingerprint density at radius 1 is 0.457 bits per heavy atom. The van der Waals surface area contributed by atoms with E-state index in [9.17, 15) is 5.26 Å². The Morgan fingerprint density at radius 3 is 1.20 bits per heavy atom. The van der Waals surface area contributed by atoms with Crippen molar-refractivity contribution in [2.45, 2.75) is 41.5 Å². The fourth-order valence-electron chi connectivity index (χ4n) is 7.80. The third kappa shape index (κ3) is 3.90. The molecule has 0 fully saturated rings. The molecule has 222 valence electrons. The van der Waals surface area contributed by atoms with Gasteiger partial charge in [0.25, 0.3) is 0 Å². The summed E-state index contributed by atoms with van der Waals surface area (Å²) in [4.78, 5) is 0. The number of nitrogens with zero attached hydrogens (tertiary/aromatic N) is 3. The van der Waals surface area contributed by atoms with Crippen molar-refractivity contribution in [3.05, 3.63) is 142 Å². The summed E-state index contributed by atoms with van der Waals surface area (Å²) in [6.45, 7) is 13.1. The van der Waals surface area contributed by atoms with E-state index in [1.165, 1.54) is 77.0 Å². The SMILES string of the molecule is Cc1ccc(-c2c(-n3c4c(C)cccc4c4cccc(C)c43)cc(C#N)cc2-n2c3c(C)cccc3c3cccc(C)c32)c(C)c1. The number of para-hydroxylation sites is 4. The first kappa shape index (κ1) is 27.9. The second-order valence-corrected chi connectivity index (χ2v) is 12.9. The number of nitriles is 1. The molecule has 8 aromatic rings. The van der Waals surface area contributed by atoms with Gasteiger partial charge in [-0.3, -0.25) is 0 Å². The van der Waals surface area contributed by atoms with Crippen LogP contribution in [0.5, 0.6) is 0 Å². The Labute approximate surface area is 269 Å². The molecule has 0 bridgehead atoms. The van der Waals surface area contributed by atoms with Crippen molar-refractivity contribution in [3.8, 4) is 28.6 Å². The lowest BCUT2D eigenvalue weighted by atomic mass is 9.93. The van der Waals surface area contributed by atoms with E-state index in [0.717, 1.165) is 22.5 Å². The molecule has 0 atom stereocenters. The molecule has 3 nitrogen and oxygen atoms in total. The van der Waals surface area contributed by atoms with Crippen molar-refractivity contribution in [1.82, 2.24) is 9.13 Å². The molecule has 46 heavy (non-hydrogen) atoms. The molecular weight excluding hydrogens is 558 g/mol. The highest BCUT2D eigenvalue weighted by atomic mass is 15.0. The Kier molecular flexibility index (Phi) is 6.21. The van der Waals surface area contributed by atoms with Crippen LogP contribution in [-0.4, -0.2) is 9.13 Å². The van der Waals surface area contributed by atoms with Crippen molar-refractivity contribution in [1.29, 1.82) is 5.26 Å². The summed E-state index contributed by atoms with van der Waals surface area (Å²) in [5, 5.41) is 15.5. The molecule has 3 heteroatoms. The zero-order chi connectivity index (χ0) is 31.9. The van der Waals surface area contributed by atoms with Crippen LogP contribution in [0.1, 0.15) is 38.9 Å². The number of hydrogen-bond acceptors (Lipinski definition) is 1. The lowest BCUT2D eigenvalue weighted by Crippen LogP contribution is -2.07. The van der Waals surface area contributed by atoms with Gasteiger partial charge in [0.15, 0.2) is 0 Å². The van der Waals surface area contributed by atoms with E-state index in [2.05, 4.69) is 160 Å². The third-order valence-corrected chi connectivity index (χ3v) is 9.78. The van der Waals surface area contributed by atoms with E-state index >= 15 is 0 Å². The maximum atomic E-state index is 10.6. The first-order valence-corrected chi connectivity index (χ1v) is 15.9. The van der Waals surface area contributed by atoms with E-state index in [0.29, 0.717) is 5.56 Å². The molecular formula is C43H35N3. The van der Waals surface area contributed by atoms with Gasteiger partial charge in [0.2, 0.25) is 0 Å². The minimum atomic E-state index is 0.632. The summed E-state index contributed by atoms with van der Waals surface area (Å²) in [5.74, 6) is 0. The molecule has 2 heterocycles. The van der Waals surface area contributed by atoms with E-state index in [4.69, 9.17) is 0 Å². The van der Waals surface area contributed by atoms with Crippen molar-refractivity contribution in [2.75, 3.05) is 0 Å². The van der Waals surface area contributed by atoms with Crippen LogP contribution in [0, 0.1) is 52.9 Å². The molecule has 0 spiro atoms. The largest absolute Gasteiger partial charge is 0.308 e. The zero-order valence-electron chi connectivity index (χ0n) is 27.2. The predicted molar refractivity (Wildman–Crippen MR) is 194 cm³/mol. The number of hydrogen-bond donors (Lipinski definition) is 0. The van der Waals surface area contributed by atoms with Gasteiger partial charge >= 0.3 is 0 Å². The van der Waals surface area contributed by atoms with Gasteiger partial charge < -0.3 is 9.13 Å². The normalized spacial score (nSPS) is 11.7. The van der Waals surface area contributed by atoms with Gasteiger partial charge in [-0.1, -0.05) is 96.6 Å². The Bertz CT molecular complexity index is 2340. The van der Waals surface area contributed by atoms with Crippen molar-refractivity contribution >= 4 is 43.6 Å². The summed E-state index contributed by atoms with van der Waals surface area (Å²) in [6, 6.07) is 39.8. The fraction of sp³-hybridized carbons (Fsp3) is 0.140. The molecule has 2 aromatic heterocycles. The molecule has 6 aromatic carbocycles. The Hall–Kier alpha value is -5.59. The topological polar surface area (TPSA) is 33.6 Å². The Morgan fingerprint density at radius 2 is 0.848 bits per heavy atom. The van der Waals surface area contributed by atoms with Crippen LogP contribution >= 0.6 is 0 Å². The summed E-state index contributed by atoms with van der Waals surface area (Å²) < 4.78 is 4.86. The fourth-order valence-corrected chi connectivity index (χ4v) is 7.80. The van der Waals surface area contributed by atoms with Crippen LogP contribution in [0.25, 0.3) is 66.1 Å². The molecule has 0 aliphatic carbocycles. The average Bonchev–Trinajstić information content (AvgIpc) is 3.57. The number of benzene rings is 6. The van der Waals surface area contributed by atoms with Gasteiger partial charge in [0.05, 0.1) is 45.1 Å². The third-order valence-electron chi connectivity index (χ3n) is 9.78. The lowest BCUT2D eigenvalue weighted by molar-refractivity contribution is 1.11. The molecule has 0 N–H and O–H groups in total. The Balaban J connectivity index is 1.67. The van der Waals surface area contributed by atoms with E-state index in [-0.39, 0.29) is 0 Å². The molecule has 0 unspecified atom stereocenters. The number of aromatic nitrogens is 2. The second kappa shape index (κ2) is 10.2. The van der Waals surface area contributed by atoms with Crippen LogP contribution in [0.3, 0.4) is 0 Å².